The molecule has 0 saturated carbocycles. The zero-order chi connectivity index (χ0) is 12.9. The highest BCUT2D eigenvalue weighted by Crippen LogP contribution is 2.12. The van der Waals surface area contributed by atoms with Crippen molar-refractivity contribution in [3.8, 4) is 0 Å². The maximum absolute atomic E-state index is 3.73. The predicted octanol–water partition coefficient (Wildman–Crippen LogP) is 5.15. The van der Waals surface area contributed by atoms with Crippen LogP contribution in [0, 0.1) is 5.92 Å². The molecule has 2 atom stereocenters. The van der Waals surface area contributed by atoms with Gasteiger partial charge in [-0.25, -0.2) is 0 Å². The van der Waals surface area contributed by atoms with E-state index >= 15 is 0 Å². The van der Waals surface area contributed by atoms with E-state index in [1.807, 2.05) is 0 Å². The van der Waals surface area contributed by atoms with Crippen LogP contribution in [0.15, 0.2) is 0 Å². The molecule has 1 nitrogen and oxygen atoms in total. The van der Waals surface area contributed by atoms with Crippen LogP contribution in [0.25, 0.3) is 0 Å². The number of hydrogen-bond donors (Lipinski definition) is 1. The van der Waals surface area contributed by atoms with Crippen molar-refractivity contribution in [3.63, 3.8) is 0 Å². The van der Waals surface area contributed by atoms with Crippen molar-refractivity contribution >= 4 is 0 Å². The van der Waals surface area contributed by atoms with E-state index in [9.17, 15) is 0 Å². The Balaban J connectivity index is 3.37. The van der Waals surface area contributed by atoms with Crippen LogP contribution in [-0.4, -0.2) is 12.6 Å². The van der Waals surface area contributed by atoms with Gasteiger partial charge in [0, 0.05) is 6.04 Å². The summed E-state index contributed by atoms with van der Waals surface area (Å²) in [7, 11) is 0. The van der Waals surface area contributed by atoms with Gasteiger partial charge in [0.1, 0.15) is 0 Å². The van der Waals surface area contributed by atoms with Crippen LogP contribution in [-0.2, 0) is 0 Å². The van der Waals surface area contributed by atoms with E-state index in [1.54, 1.807) is 0 Å². The third-order valence-corrected chi connectivity index (χ3v) is 3.84. The van der Waals surface area contributed by atoms with Crippen molar-refractivity contribution in [1.82, 2.24) is 5.32 Å². The van der Waals surface area contributed by atoms with Gasteiger partial charge in [-0.2, -0.15) is 0 Å². The van der Waals surface area contributed by atoms with Gasteiger partial charge in [-0.3, -0.25) is 0 Å². The molecule has 0 saturated heterocycles. The van der Waals surface area contributed by atoms with E-state index in [1.165, 1.54) is 64.3 Å². The first-order valence-electron chi connectivity index (χ1n) is 7.97. The van der Waals surface area contributed by atoms with E-state index in [0.29, 0.717) is 0 Å². The van der Waals surface area contributed by atoms with Crippen LogP contribution >= 0.6 is 0 Å². The molecular formula is C16H35N. The molecule has 104 valence electrons. The molecule has 0 aromatic carbocycles. The Bertz CT molecular complexity index is 144. The van der Waals surface area contributed by atoms with Crippen LogP contribution in [0.5, 0.6) is 0 Å². The van der Waals surface area contributed by atoms with Crippen molar-refractivity contribution < 1.29 is 0 Å². The standard InChI is InChI=1S/C16H35N/c1-5-8-9-10-11-12-13-17-16(7-3)14-15(4)6-2/h15-17H,5-14H2,1-4H3. The fourth-order valence-corrected chi connectivity index (χ4v) is 2.26. The first kappa shape index (κ1) is 17.0. The second-order valence-electron chi connectivity index (χ2n) is 5.58. The Labute approximate surface area is 110 Å². The average Bonchev–Trinajstić information content (AvgIpc) is 2.35. The zero-order valence-electron chi connectivity index (χ0n) is 12.7. The molecule has 0 aliphatic rings. The van der Waals surface area contributed by atoms with E-state index in [0.717, 1.165) is 12.0 Å². The molecule has 0 fully saturated rings. The van der Waals surface area contributed by atoms with Crippen molar-refractivity contribution in [2.45, 2.75) is 91.5 Å². The number of unbranched alkanes of at least 4 members (excludes halogenated alkanes) is 5. The fourth-order valence-electron chi connectivity index (χ4n) is 2.26. The van der Waals surface area contributed by atoms with Gasteiger partial charge in [-0.1, -0.05) is 66.2 Å². The molecule has 0 aromatic heterocycles. The third kappa shape index (κ3) is 10.8. The monoisotopic (exact) mass is 241 g/mol. The normalized spacial score (nSPS) is 14.8. The minimum absolute atomic E-state index is 0.751. The molecule has 17 heavy (non-hydrogen) atoms. The Kier molecular flexibility index (Phi) is 12.4. The average molecular weight is 241 g/mol. The first-order valence-corrected chi connectivity index (χ1v) is 7.97. The second kappa shape index (κ2) is 12.4. The van der Waals surface area contributed by atoms with E-state index in [4.69, 9.17) is 0 Å². The molecule has 1 N–H and O–H groups in total. The summed E-state index contributed by atoms with van der Waals surface area (Å²) < 4.78 is 0. The Morgan fingerprint density at radius 3 is 2.06 bits per heavy atom. The minimum Gasteiger partial charge on any atom is -0.314 e. The molecule has 0 amide bonds. The van der Waals surface area contributed by atoms with Crippen LogP contribution in [0.4, 0.5) is 0 Å². The lowest BCUT2D eigenvalue weighted by Crippen LogP contribution is -2.30. The third-order valence-electron chi connectivity index (χ3n) is 3.84. The van der Waals surface area contributed by atoms with Crippen molar-refractivity contribution in [3.05, 3.63) is 0 Å². The first-order chi connectivity index (χ1) is 8.24. The molecule has 0 aliphatic heterocycles. The van der Waals surface area contributed by atoms with Gasteiger partial charge >= 0.3 is 0 Å². The van der Waals surface area contributed by atoms with E-state index in [2.05, 4.69) is 33.0 Å². The lowest BCUT2D eigenvalue weighted by molar-refractivity contribution is 0.381. The van der Waals surface area contributed by atoms with Crippen molar-refractivity contribution in [2.24, 2.45) is 5.92 Å². The van der Waals surface area contributed by atoms with Crippen molar-refractivity contribution in [2.75, 3.05) is 6.54 Å². The summed E-state index contributed by atoms with van der Waals surface area (Å²) in [6.07, 6.45) is 12.3. The molecule has 0 aromatic rings. The molecule has 0 rings (SSSR count). The summed E-state index contributed by atoms with van der Waals surface area (Å²) in [5.74, 6) is 0.872. The summed E-state index contributed by atoms with van der Waals surface area (Å²) in [5.41, 5.74) is 0. The smallest absolute Gasteiger partial charge is 0.00669 e. The van der Waals surface area contributed by atoms with Gasteiger partial charge in [0.2, 0.25) is 0 Å². The highest BCUT2D eigenvalue weighted by atomic mass is 14.9. The zero-order valence-corrected chi connectivity index (χ0v) is 12.7. The minimum atomic E-state index is 0.751. The maximum Gasteiger partial charge on any atom is 0.00669 e. The SMILES string of the molecule is CCCCCCCCNC(CC)CC(C)CC. The largest absolute Gasteiger partial charge is 0.314 e. The summed E-state index contributed by atoms with van der Waals surface area (Å²) in [4.78, 5) is 0. The number of nitrogens with one attached hydrogen (secondary N) is 1. The topological polar surface area (TPSA) is 12.0 Å². The number of rotatable bonds is 12. The molecule has 0 spiro atoms. The molecule has 0 bridgehead atoms. The Morgan fingerprint density at radius 2 is 1.47 bits per heavy atom. The Hall–Kier alpha value is -0.0400. The predicted molar refractivity (Wildman–Crippen MR) is 79.5 cm³/mol. The van der Waals surface area contributed by atoms with Crippen molar-refractivity contribution in [1.29, 1.82) is 0 Å². The van der Waals surface area contributed by atoms with Crippen LogP contribution in [0.2, 0.25) is 0 Å². The van der Waals surface area contributed by atoms with Crippen LogP contribution in [0.1, 0.15) is 85.5 Å². The van der Waals surface area contributed by atoms with Gasteiger partial charge in [0.05, 0.1) is 0 Å². The van der Waals surface area contributed by atoms with Crippen LogP contribution in [0.3, 0.4) is 0 Å². The maximum atomic E-state index is 3.73. The molecular weight excluding hydrogens is 206 g/mol. The molecule has 0 radical (unpaired) electrons. The van der Waals surface area contributed by atoms with Crippen LogP contribution < -0.4 is 5.32 Å². The Morgan fingerprint density at radius 1 is 0.824 bits per heavy atom. The van der Waals surface area contributed by atoms with Gasteiger partial charge in [-0.05, 0) is 31.7 Å². The summed E-state index contributed by atoms with van der Waals surface area (Å²) in [6.45, 7) is 10.5. The highest BCUT2D eigenvalue weighted by molar-refractivity contribution is 4.67. The molecule has 0 heterocycles. The molecule has 1 heteroatoms. The second-order valence-corrected chi connectivity index (χ2v) is 5.58. The van der Waals surface area contributed by atoms with E-state index in [-0.39, 0.29) is 0 Å². The van der Waals surface area contributed by atoms with Gasteiger partial charge < -0.3 is 5.32 Å². The molecule has 0 aliphatic carbocycles. The summed E-state index contributed by atoms with van der Waals surface area (Å²) in [6, 6.07) is 0.751. The lowest BCUT2D eigenvalue weighted by atomic mass is 9.97. The lowest BCUT2D eigenvalue weighted by Gasteiger charge is -2.20. The number of hydrogen-bond acceptors (Lipinski definition) is 1. The van der Waals surface area contributed by atoms with Gasteiger partial charge in [0.25, 0.3) is 0 Å². The fraction of sp³-hybridized carbons (Fsp3) is 1.00. The van der Waals surface area contributed by atoms with Gasteiger partial charge in [-0.15, -0.1) is 0 Å². The van der Waals surface area contributed by atoms with E-state index < -0.39 is 0 Å². The quantitative estimate of drug-likeness (QED) is 0.466. The molecule has 2 unspecified atom stereocenters. The summed E-state index contributed by atoms with van der Waals surface area (Å²) >= 11 is 0. The van der Waals surface area contributed by atoms with Gasteiger partial charge in [0.15, 0.2) is 0 Å². The highest BCUT2D eigenvalue weighted by Gasteiger charge is 2.08. The summed E-state index contributed by atoms with van der Waals surface area (Å²) in [5, 5.41) is 3.73.